The van der Waals surface area contributed by atoms with E-state index >= 15 is 0 Å². The fourth-order valence-corrected chi connectivity index (χ4v) is 7.84. The van der Waals surface area contributed by atoms with Crippen LogP contribution in [0.15, 0.2) is 46.2 Å². The zero-order valence-corrected chi connectivity index (χ0v) is 23.3. The lowest BCUT2D eigenvalue weighted by atomic mass is 9.79. The predicted molar refractivity (Wildman–Crippen MR) is 149 cm³/mol. The van der Waals surface area contributed by atoms with Crippen LogP contribution in [0.2, 0.25) is 0 Å². The van der Waals surface area contributed by atoms with Crippen molar-refractivity contribution in [3.8, 4) is 0 Å². The minimum absolute atomic E-state index is 0.0581. The van der Waals surface area contributed by atoms with E-state index in [1.165, 1.54) is 23.9 Å². The SMILES string of the molecule is CCCCC1(CCCC)CN(c2ccc(F)cc2)c2cc(SC)c(CNC(=O)C(=O)O)cc2S(O)(O)C1. The zero-order valence-electron chi connectivity index (χ0n) is 21.6. The zero-order chi connectivity index (χ0) is 27.2. The molecule has 204 valence electrons. The number of rotatable bonds is 10. The quantitative estimate of drug-likeness (QED) is 0.188. The molecule has 0 saturated heterocycles. The molecule has 1 aliphatic rings. The van der Waals surface area contributed by atoms with Gasteiger partial charge in [0.25, 0.3) is 0 Å². The molecule has 0 saturated carbocycles. The van der Waals surface area contributed by atoms with Crippen molar-refractivity contribution in [2.45, 2.75) is 68.7 Å². The third kappa shape index (κ3) is 6.98. The Morgan fingerprint density at radius 2 is 1.73 bits per heavy atom. The molecule has 0 spiro atoms. The molecule has 10 heteroatoms. The average molecular weight is 553 g/mol. The molecule has 0 fully saturated rings. The van der Waals surface area contributed by atoms with Crippen molar-refractivity contribution in [3.63, 3.8) is 0 Å². The summed E-state index contributed by atoms with van der Waals surface area (Å²) in [6, 6.07) is 9.78. The molecule has 2 aromatic rings. The minimum Gasteiger partial charge on any atom is -0.474 e. The standard InChI is InChI=1S/C27H37FN2O5S2/c1-4-6-12-27(13-7-5-2)17-30(21-10-8-20(28)9-11-21)22-15-23(36-3)19(16-29-25(31)26(32)33)14-24(22)37(34,35)18-27/h8-11,14-15,34-35H,4-7,12-13,16-18H2,1-3H3,(H,29,31)(H,32,33). The number of carboxylic acids is 1. The number of hydrogen-bond acceptors (Lipinski definition) is 6. The van der Waals surface area contributed by atoms with Crippen molar-refractivity contribution in [1.29, 1.82) is 0 Å². The van der Waals surface area contributed by atoms with Gasteiger partial charge in [-0.05, 0) is 61.1 Å². The van der Waals surface area contributed by atoms with E-state index in [1.807, 2.05) is 12.3 Å². The van der Waals surface area contributed by atoms with Crippen LogP contribution < -0.4 is 10.2 Å². The molecule has 0 bridgehead atoms. The summed E-state index contributed by atoms with van der Waals surface area (Å²) in [4.78, 5) is 25.9. The van der Waals surface area contributed by atoms with Crippen LogP contribution in [0.5, 0.6) is 0 Å². The summed E-state index contributed by atoms with van der Waals surface area (Å²) in [7, 11) is -3.25. The maximum absolute atomic E-state index is 13.8. The molecule has 1 amide bonds. The molecule has 4 N–H and O–H groups in total. The first-order valence-corrected chi connectivity index (χ1v) is 15.5. The van der Waals surface area contributed by atoms with Crippen molar-refractivity contribution in [3.05, 3.63) is 47.8 Å². The molecule has 3 rings (SSSR count). The third-order valence-corrected chi connectivity index (χ3v) is 9.77. The molecule has 0 radical (unpaired) electrons. The van der Waals surface area contributed by atoms with Crippen LogP contribution in [0, 0.1) is 11.2 Å². The number of nitrogens with zero attached hydrogens (tertiary/aromatic N) is 1. The molecule has 1 heterocycles. The number of carboxylic acid groups (broad SMARTS) is 1. The number of halogens is 1. The Morgan fingerprint density at radius 1 is 1.11 bits per heavy atom. The summed E-state index contributed by atoms with van der Waals surface area (Å²) < 4.78 is 37.2. The largest absolute Gasteiger partial charge is 0.474 e. The maximum Gasteiger partial charge on any atom is 0.394 e. The fraction of sp³-hybridized carbons (Fsp3) is 0.481. The number of fused-ring (bicyclic) bond motifs is 1. The van der Waals surface area contributed by atoms with E-state index in [2.05, 4.69) is 24.1 Å². The number of hydrogen-bond donors (Lipinski definition) is 4. The van der Waals surface area contributed by atoms with Gasteiger partial charge in [-0.2, -0.15) is 10.6 Å². The van der Waals surface area contributed by atoms with Crippen LogP contribution in [0.25, 0.3) is 0 Å². The summed E-state index contributed by atoms with van der Waals surface area (Å²) >= 11 is 1.42. The first-order chi connectivity index (χ1) is 17.6. The number of aliphatic carboxylic acids is 1. The van der Waals surface area contributed by atoms with Gasteiger partial charge < -0.3 is 15.3 Å². The molecule has 2 aromatic carbocycles. The van der Waals surface area contributed by atoms with Crippen molar-refractivity contribution >= 4 is 45.6 Å². The van der Waals surface area contributed by atoms with E-state index in [9.17, 15) is 23.1 Å². The van der Waals surface area contributed by atoms with E-state index in [1.54, 1.807) is 18.2 Å². The molecule has 1 aliphatic heterocycles. The minimum atomic E-state index is -3.25. The monoisotopic (exact) mass is 552 g/mol. The second-order valence-corrected chi connectivity index (χ2v) is 12.6. The molecule has 7 nitrogen and oxygen atoms in total. The van der Waals surface area contributed by atoms with Crippen LogP contribution in [-0.4, -0.2) is 44.6 Å². The Morgan fingerprint density at radius 3 is 2.27 bits per heavy atom. The van der Waals surface area contributed by atoms with Gasteiger partial charge in [-0.3, -0.25) is 13.9 Å². The van der Waals surface area contributed by atoms with E-state index in [4.69, 9.17) is 5.11 Å². The van der Waals surface area contributed by atoms with Crippen LogP contribution in [0.4, 0.5) is 15.8 Å². The number of nitrogens with one attached hydrogen (secondary N) is 1. The number of unbranched alkanes of at least 4 members (excludes halogenated alkanes) is 2. The van der Waals surface area contributed by atoms with Gasteiger partial charge in [0.05, 0.1) is 10.6 Å². The van der Waals surface area contributed by atoms with Crippen LogP contribution in [0.3, 0.4) is 0 Å². The smallest absolute Gasteiger partial charge is 0.394 e. The van der Waals surface area contributed by atoms with Crippen molar-refractivity contribution in [1.82, 2.24) is 5.32 Å². The fourth-order valence-electron chi connectivity index (χ4n) is 5.00. The summed E-state index contributed by atoms with van der Waals surface area (Å²) in [6.45, 7) is 4.75. The number of carbonyl (C=O) groups is 2. The molecular weight excluding hydrogens is 515 g/mol. The lowest BCUT2D eigenvalue weighted by Crippen LogP contribution is -2.37. The van der Waals surface area contributed by atoms with Gasteiger partial charge in [0.2, 0.25) is 0 Å². The lowest BCUT2D eigenvalue weighted by Gasteiger charge is -2.42. The Balaban J connectivity index is 2.20. The normalized spacial score (nSPS) is 17.0. The van der Waals surface area contributed by atoms with E-state index < -0.39 is 22.5 Å². The molecule has 0 unspecified atom stereocenters. The van der Waals surface area contributed by atoms with Gasteiger partial charge in [0.15, 0.2) is 0 Å². The highest BCUT2D eigenvalue weighted by Crippen LogP contribution is 2.61. The highest BCUT2D eigenvalue weighted by Gasteiger charge is 2.42. The predicted octanol–water partition coefficient (Wildman–Crippen LogP) is 6.88. The van der Waals surface area contributed by atoms with Crippen molar-refractivity contribution < 1.29 is 28.2 Å². The van der Waals surface area contributed by atoms with Crippen molar-refractivity contribution in [2.75, 3.05) is 23.5 Å². The Bertz CT molecular complexity index is 1100. The highest BCUT2D eigenvalue weighted by molar-refractivity contribution is 8.24. The second-order valence-electron chi connectivity index (χ2n) is 9.70. The van der Waals surface area contributed by atoms with Gasteiger partial charge in [-0.1, -0.05) is 39.5 Å². The Hall–Kier alpha value is -2.27. The van der Waals surface area contributed by atoms with Gasteiger partial charge in [0, 0.05) is 34.8 Å². The molecule has 37 heavy (non-hydrogen) atoms. The Labute approximate surface area is 224 Å². The van der Waals surface area contributed by atoms with Crippen LogP contribution in [-0.2, 0) is 16.1 Å². The summed E-state index contributed by atoms with van der Waals surface area (Å²) in [6.07, 6.45) is 7.42. The van der Waals surface area contributed by atoms with Gasteiger partial charge in [-0.25, -0.2) is 9.18 Å². The molecule has 0 aliphatic carbocycles. The second kappa shape index (κ2) is 12.5. The number of anilines is 2. The first-order valence-electron chi connectivity index (χ1n) is 12.6. The summed E-state index contributed by atoms with van der Waals surface area (Å²) in [5.74, 6) is -2.84. The maximum atomic E-state index is 13.8. The van der Waals surface area contributed by atoms with Crippen LogP contribution in [0.1, 0.15) is 57.9 Å². The summed E-state index contributed by atoms with van der Waals surface area (Å²) in [5.41, 5.74) is 1.64. The number of thioether (sulfide) groups is 1. The van der Waals surface area contributed by atoms with Gasteiger partial charge in [0.1, 0.15) is 5.82 Å². The number of carbonyl (C=O) groups excluding carboxylic acids is 1. The lowest BCUT2D eigenvalue weighted by molar-refractivity contribution is -0.150. The van der Waals surface area contributed by atoms with Gasteiger partial charge >= 0.3 is 11.9 Å². The first kappa shape index (κ1) is 29.3. The van der Waals surface area contributed by atoms with Crippen molar-refractivity contribution in [2.24, 2.45) is 5.41 Å². The van der Waals surface area contributed by atoms with E-state index in [0.717, 1.165) is 49.1 Å². The van der Waals surface area contributed by atoms with E-state index in [0.29, 0.717) is 22.7 Å². The molecule has 0 atom stereocenters. The highest BCUT2D eigenvalue weighted by atomic mass is 32.3. The van der Waals surface area contributed by atoms with Crippen LogP contribution >= 0.6 is 22.4 Å². The Kier molecular flexibility index (Phi) is 9.91. The number of benzene rings is 2. The molecular formula is C27H37FN2O5S2. The molecule has 0 aromatic heterocycles. The van der Waals surface area contributed by atoms with Gasteiger partial charge in [-0.15, -0.1) is 11.8 Å². The van der Waals surface area contributed by atoms with E-state index in [-0.39, 0.29) is 23.5 Å². The topological polar surface area (TPSA) is 110 Å². The average Bonchev–Trinajstić information content (AvgIpc) is 2.96. The number of amides is 1. The third-order valence-electron chi connectivity index (χ3n) is 6.90. The summed E-state index contributed by atoms with van der Waals surface area (Å²) in [5, 5.41) is 11.3.